The van der Waals surface area contributed by atoms with Crippen molar-refractivity contribution >= 4 is 23.8 Å². The van der Waals surface area contributed by atoms with Gasteiger partial charge in [0.25, 0.3) is 5.91 Å². The number of nitrogens with zero attached hydrogens (tertiary/aromatic N) is 2. The molecule has 0 bridgehead atoms. The van der Waals surface area contributed by atoms with E-state index in [1.807, 2.05) is 0 Å². The van der Waals surface area contributed by atoms with Gasteiger partial charge in [0, 0.05) is 20.0 Å². The lowest BCUT2D eigenvalue weighted by Crippen LogP contribution is -2.43. The summed E-state index contributed by atoms with van der Waals surface area (Å²) in [5, 5.41) is 8.86. The van der Waals surface area contributed by atoms with Crippen LogP contribution in [0.25, 0.3) is 0 Å². The van der Waals surface area contributed by atoms with Crippen molar-refractivity contribution < 1.29 is 38.2 Å². The van der Waals surface area contributed by atoms with Crippen LogP contribution in [0.4, 0.5) is 9.18 Å². The number of carbonyl (C=O) groups excluding carboxylic acids is 3. The minimum Gasteiger partial charge on any atom is -0.476 e. The van der Waals surface area contributed by atoms with Crippen LogP contribution in [-0.4, -0.2) is 65.1 Å². The highest BCUT2D eigenvalue weighted by Gasteiger charge is 2.25. The van der Waals surface area contributed by atoms with Gasteiger partial charge in [0.1, 0.15) is 18.0 Å². The number of ether oxygens (including phenoxy) is 1. The molecule has 0 aliphatic heterocycles. The molecule has 1 N–H and O–H groups in total. The van der Waals surface area contributed by atoms with Crippen molar-refractivity contribution in [3.8, 4) is 0 Å². The molecule has 0 aliphatic carbocycles. The van der Waals surface area contributed by atoms with Crippen LogP contribution in [-0.2, 0) is 30.5 Å². The predicted octanol–water partition coefficient (Wildman–Crippen LogP) is 2.63. The molecule has 9 nitrogen and oxygen atoms in total. The number of carbonyl (C=O) groups is 4. The summed E-state index contributed by atoms with van der Waals surface area (Å²) < 4.78 is 18.3. The molecule has 1 aromatic carbocycles. The highest BCUT2D eigenvalue weighted by molar-refractivity contribution is 6.32. The maximum absolute atomic E-state index is 13.0. The van der Waals surface area contributed by atoms with Crippen molar-refractivity contribution in [2.45, 2.75) is 46.3 Å². The second kappa shape index (κ2) is 12.5. The van der Waals surface area contributed by atoms with E-state index in [-0.39, 0.29) is 25.3 Å². The molecule has 0 atom stereocenters. The van der Waals surface area contributed by atoms with E-state index in [0.717, 1.165) is 5.06 Å². The SMILES string of the molecule is CCC(=O)C(=O)O.CON(C)C(=O)CN(Cc1ccc(F)cc1)C(=O)OC(C)(C)C. The van der Waals surface area contributed by atoms with Crippen LogP contribution in [0.2, 0.25) is 0 Å². The van der Waals surface area contributed by atoms with Gasteiger partial charge in [-0.2, -0.15) is 0 Å². The zero-order valence-corrected chi connectivity index (χ0v) is 18.1. The van der Waals surface area contributed by atoms with E-state index < -0.39 is 29.4 Å². The van der Waals surface area contributed by atoms with Crippen molar-refractivity contribution in [2.24, 2.45) is 0 Å². The Kier molecular flexibility index (Phi) is 11.3. The van der Waals surface area contributed by atoms with E-state index in [1.54, 1.807) is 32.9 Å². The van der Waals surface area contributed by atoms with E-state index in [1.165, 1.54) is 38.1 Å². The minimum atomic E-state index is -1.34. The number of rotatable bonds is 7. The molecule has 30 heavy (non-hydrogen) atoms. The Bertz CT molecular complexity index is 730. The van der Waals surface area contributed by atoms with Crippen LogP contribution in [0.1, 0.15) is 39.7 Å². The summed E-state index contributed by atoms with van der Waals surface area (Å²) in [6, 6.07) is 5.70. The molecule has 0 radical (unpaired) electrons. The van der Waals surface area contributed by atoms with Crippen LogP contribution in [0.3, 0.4) is 0 Å². The van der Waals surface area contributed by atoms with Gasteiger partial charge < -0.3 is 9.84 Å². The average Bonchev–Trinajstić information content (AvgIpc) is 2.66. The number of ketones is 1. The fourth-order valence-electron chi connectivity index (χ4n) is 1.84. The molecule has 0 saturated carbocycles. The largest absolute Gasteiger partial charge is 0.476 e. The molecule has 0 heterocycles. The van der Waals surface area contributed by atoms with Gasteiger partial charge in [0.15, 0.2) is 0 Å². The fourth-order valence-corrected chi connectivity index (χ4v) is 1.84. The Balaban J connectivity index is 0.00000103. The smallest absolute Gasteiger partial charge is 0.411 e. The molecule has 0 unspecified atom stereocenters. The predicted molar refractivity (Wildman–Crippen MR) is 106 cm³/mol. The highest BCUT2D eigenvalue weighted by Crippen LogP contribution is 2.13. The summed E-state index contributed by atoms with van der Waals surface area (Å²) in [4.78, 5) is 49.8. The maximum Gasteiger partial charge on any atom is 0.411 e. The zero-order valence-electron chi connectivity index (χ0n) is 18.1. The van der Waals surface area contributed by atoms with Crippen LogP contribution < -0.4 is 0 Å². The number of amides is 2. The lowest BCUT2D eigenvalue weighted by molar-refractivity contribution is -0.169. The fraction of sp³-hybridized carbons (Fsp3) is 0.500. The summed E-state index contributed by atoms with van der Waals surface area (Å²) in [7, 11) is 2.81. The Morgan fingerprint density at radius 2 is 1.63 bits per heavy atom. The summed E-state index contributed by atoms with van der Waals surface area (Å²) in [6.07, 6.45) is -0.547. The zero-order chi connectivity index (χ0) is 23.5. The van der Waals surface area contributed by atoms with E-state index in [9.17, 15) is 23.6 Å². The number of likely N-dealkylation sites (N-methyl/N-ethyl adjacent to an activating group) is 1. The van der Waals surface area contributed by atoms with E-state index in [4.69, 9.17) is 14.7 Å². The number of carboxylic acid groups (broad SMARTS) is 1. The molecule has 1 aromatic rings. The van der Waals surface area contributed by atoms with Gasteiger partial charge in [-0.05, 0) is 38.5 Å². The Morgan fingerprint density at radius 3 is 2.00 bits per heavy atom. The summed E-state index contributed by atoms with van der Waals surface area (Å²) in [5.74, 6) is -2.85. The first-order valence-corrected chi connectivity index (χ1v) is 9.09. The highest BCUT2D eigenvalue weighted by atomic mass is 19.1. The Morgan fingerprint density at radius 1 is 1.10 bits per heavy atom. The second-order valence-electron chi connectivity index (χ2n) is 7.12. The molecule has 10 heteroatoms. The number of carboxylic acids is 1. The number of benzene rings is 1. The number of Topliss-reactive ketones (excluding diaryl/α,β-unsaturated/α-hetero) is 1. The third-order valence-corrected chi connectivity index (χ3v) is 3.45. The van der Waals surface area contributed by atoms with Crippen molar-refractivity contribution in [3.63, 3.8) is 0 Å². The van der Waals surface area contributed by atoms with Crippen molar-refractivity contribution in [3.05, 3.63) is 35.6 Å². The molecular weight excluding hydrogens is 399 g/mol. The Hall–Kier alpha value is -3.01. The topological polar surface area (TPSA) is 113 Å². The first-order chi connectivity index (χ1) is 13.8. The lowest BCUT2D eigenvalue weighted by Gasteiger charge is -2.28. The van der Waals surface area contributed by atoms with Crippen LogP contribution in [0, 0.1) is 5.82 Å². The van der Waals surface area contributed by atoms with E-state index in [0.29, 0.717) is 5.56 Å². The van der Waals surface area contributed by atoms with Crippen molar-refractivity contribution in [1.29, 1.82) is 0 Å². The molecule has 0 aliphatic rings. The molecule has 0 spiro atoms. The summed E-state index contributed by atoms with van der Waals surface area (Å²) in [6.45, 7) is 6.64. The molecule has 0 aromatic heterocycles. The van der Waals surface area contributed by atoms with E-state index in [2.05, 4.69) is 0 Å². The number of hydroxylamine groups is 2. The summed E-state index contributed by atoms with van der Waals surface area (Å²) >= 11 is 0. The molecule has 1 rings (SSSR count). The number of aliphatic carboxylic acids is 1. The molecule has 0 saturated heterocycles. The third-order valence-electron chi connectivity index (χ3n) is 3.45. The number of hydrogen-bond acceptors (Lipinski definition) is 6. The van der Waals surface area contributed by atoms with Gasteiger partial charge in [-0.15, -0.1) is 0 Å². The lowest BCUT2D eigenvalue weighted by atomic mass is 10.2. The summed E-state index contributed by atoms with van der Waals surface area (Å²) in [5.41, 5.74) is -0.000871. The van der Waals surface area contributed by atoms with Gasteiger partial charge >= 0.3 is 12.1 Å². The quantitative estimate of drug-likeness (QED) is 0.525. The third kappa shape index (κ3) is 11.1. The van der Waals surface area contributed by atoms with Crippen molar-refractivity contribution in [2.75, 3.05) is 20.7 Å². The van der Waals surface area contributed by atoms with Gasteiger partial charge in [0.2, 0.25) is 5.78 Å². The number of halogens is 1. The molecule has 0 fully saturated rings. The number of hydrogen-bond donors (Lipinski definition) is 1. The monoisotopic (exact) mass is 428 g/mol. The normalized spacial score (nSPS) is 10.4. The second-order valence-corrected chi connectivity index (χ2v) is 7.12. The first-order valence-electron chi connectivity index (χ1n) is 9.09. The maximum atomic E-state index is 13.0. The molecular formula is C20H29FN2O7. The van der Waals surface area contributed by atoms with Gasteiger partial charge in [-0.3, -0.25) is 19.3 Å². The standard InChI is InChI=1S/C16H23FN2O4.C4H6O3/c1-16(2,3)23-15(21)19(11-14(20)18(4)22-5)10-12-6-8-13(17)9-7-12;1-2-3(5)4(6)7/h6-9H,10-11H2,1-5H3;2H2,1H3,(H,6,7). The van der Waals surface area contributed by atoms with Crippen molar-refractivity contribution in [1.82, 2.24) is 9.96 Å². The molecule has 2 amide bonds. The van der Waals surface area contributed by atoms with Gasteiger partial charge in [-0.25, -0.2) is 19.0 Å². The van der Waals surface area contributed by atoms with Crippen LogP contribution in [0.15, 0.2) is 24.3 Å². The van der Waals surface area contributed by atoms with E-state index >= 15 is 0 Å². The molecule has 168 valence electrons. The Labute approximate surface area is 175 Å². The minimum absolute atomic E-state index is 0.0787. The first kappa shape index (κ1) is 27.0. The van der Waals surface area contributed by atoms with Gasteiger partial charge in [-0.1, -0.05) is 19.1 Å². The average molecular weight is 428 g/mol. The van der Waals surface area contributed by atoms with Crippen LogP contribution >= 0.6 is 0 Å². The van der Waals surface area contributed by atoms with Gasteiger partial charge in [0.05, 0.1) is 7.11 Å². The van der Waals surface area contributed by atoms with Crippen LogP contribution in [0.5, 0.6) is 0 Å².